The maximum atomic E-state index is 12.5. The van der Waals surface area contributed by atoms with Crippen molar-refractivity contribution in [1.82, 2.24) is 5.32 Å². The maximum Gasteiger partial charge on any atom is 0.241 e. The molecule has 0 spiro atoms. The van der Waals surface area contributed by atoms with E-state index in [1.165, 1.54) is 17.7 Å². The summed E-state index contributed by atoms with van der Waals surface area (Å²) in [6.07, 6.45) is 1.92. The van der Waals surface area contributed by atoms with Crippen molar-refractivity contribution in [1.29, 1.82) is 0 Å². The van der Waals surface area contributed by atoms with E-state index in [4.69, 9.17) is 34.8 Å². The molecule has 9 heteroatoms. The number of carbonyl (C=O) groups excluding carboxylic acids is 1. The van der Waals surface area contributed by atoms with Crippen molar-refractivity contribution in [3.05, 3.63) is 62.6 Å². The molecule has 0 aliphatic rings. The first-order valence-corrected chi connectivity index (χ1v) is 11.5. The summed E-state index contributed by atoms with van der Waals surface area (Å²) in [6.45, 7) is 3.46. The van der Waals surface area contributed by atoms with Gasteiger partial charge in [0.05, 0.1) is 33.1 Å². The van der Waals surface area contributed by atoms with Crippen LogP contribution in [0.2, 0.25) is 15.1 Å². The van der Waals surface area contributed by atoms with Gasteiger partial charge in [-0.15, -0.1) is 0 Å². The Hall–Kier alpha value is -1.47. The van der Waals surface area contributed by atoms with Crippen molar-refractivity contribution in [2.45, 2.75) is 26.3 Å². The van der Waals surface area contributed by atoms with Crippen LogP contribution in [-0.4, -0.2) is 27.1 Å². The van der Waals surface area contributed by atoms with E-state index >= 15 is 0 Å². The molecule has 1 atom stereocenters. The lowest BCUT2D eigenvalue weighted by atomic mass is 10.1. The van der Waals surface area contributed by atoms with Crippen LogP contribution in [0.4, 0.5) is 5.69 Å². The molecule has 2 aromatic rings. The number of aryl methyl sites for hydroxylation is 1. The van der Waals surface area contributed by atoms with E-state index in [1.54, 1.807) is 0 Å². The second-order valence-electron chi connectivity index (χ2n) is 6.37. The molecule has 152 valence electrons. The van der Waals surface area contributed by atoms with E-state index in [2.05, 4.69) is 12.2 Å². The number of hydrogen-bond acceptors (Lipinski definition) is 3. The molecule has 0 aromatic heterocycles. The first-order chi connectivity index (χ1) is 13.0. The number of sulfonamides is 1. The van der Waals surface area contributed by atoms with Crippen LogP contribution in [0.25, 0.3) is 0 Å². The maximum absolute atomic E-state index is 12.5. The lowest BCUT2D eigenvalue weighted by molar-refractivity contribution is -0.120. The van der Waals surface area contributed by atoms with Gasteiger partial charge >= 0.3 is 0 Å². The van der Waals surface area contributed by atoms with Gasteiger partial charge in [-0.25, -0.2) is 8.42 Å². The van der Waals surface area contributed by atoms with Gasteiger partial charge in [-0.3, -0.25) is 9.10 Å². The molecule has 0 bridgehead atoms. The zero-order valence-corrected chi connectivity index (χ0v) is 18.8. The highest BCUT2D eigenvalue weighted by molar-refractivity contribution is 7.92. The summed E-state index contributed by atoms with van der Waals surface area (Å²) in [6, 6.07) is 10.3. The molecule has 0 aliphatic heterocycles. The number of benzene rings is 2. The number of carbonyl (C=O) groups is 1. The molecule has 0 heterocycles. The highest BCUT2D eigenvalue weighted by atomic mass is 35.5. The van der Waals surface area contributed by atoms with Crippen LogP contribution in [0.1, 0.15) is 31.0 Å². The molecule has 0 saturated carbocycles. The molecule has 2 aromatic carbocycles. The Morgan fingerprint density at radius 3 is 2.18 bits per heavy atom. The monoisotopic (exact) mass is 462 g/mol. The third-order valence-electron chi connectivity index (χ3n) is 4.21. The highest BCUT2D eigenvalue weighted by Crippen LogP contribution is 2.35. The van der Waals surface area contributed by atoms with Gasteiger partial charge in [0.15, 0.2) is 0 Å². The molecule has 0 radical (unpaired) electrons. The number of anilines is 1. The van der Waals surface area contributed by atoms with E-state index in [0.717, 1.165) is 22.5 Å². The molecule has 2 rings (SSSR count). The van der Waals surface area contributed by atoms with Gasteiger partial charge < -0.3 is 5.32 Å². The minimum absolute atomic E-state index is 0.0795. The van der Waals surface area contributed by atoms with Gasteiger partial charge in [0.25, 0.3) is 0 Å². The SMILES string of the molecule is CCc1ccc([C@H](C)NC(=O)CN(c2cc(Cl)c(Cl)cc2Cl)S(C)(=O)=O)cc1. The summed E-state index contributed by atoms with van der Waals surface area (Å²) < 4.78 is 25.4. The zero-order chi connectivity index (χ0) is 21.1. The average molecular weight is 464 g/mol. The van der Waals surface area contributed by atoms with Crippen molar-refractivity contribution in [3.63, 3.8) is 0 Å². The van der Waals surface area contributed by atoms with Crippen molar-refractivity contribution >= 4 is 56.4 Å². The van der Waals surface area contributed by atoms with E-state index in [-0.39, 0.29) is 26.8 Å². The highest BCUT2D eigenvalue weighted by Gasteiger charge is 2.25. The number of halogens is 3. The largest absolute Gasteiger partial charge is 0.348 e. The van der Waals surface area contributed by atoms with E-state index in [9.17, 15) is 13.2 Å². The summed E-state index contributed by atoms with van der Waals surface area (Å²) >= 11 is 18.0. The Balaban J connectivity index is 2.21. The molecule has 0 unspecified atom stereocenters. The fourth-order valence-corrected chi connectivity index (χ4v) is 4.18. The smallest absolute Gasteiger partial charge is 0.241 e. The van der Waals surface area contributed by atoms with Gasteiger partial charge in [0.2, 0.25) is 15.9 Å². The lowest BCUT2D eigenvalue weighted by Crippen LogP contribution is -2.41. The predicted molar refractivity (Wildman–Crippen MR) is 116 cm³/mol. The zero-order valence-electron chi connectivity index (χ0n) is 15.7. The van der Waals surface area contributed by atoms with Crippen molar-refractivity contribution < 1.29 is 13.2 Å². The Kier molecular flexibility index (Phi) is 7.62. The van der Waals surface area contributed by atoms with Gasteiger partial charge in [-0.2, -0.15) is 0 Å². The van der Waals surface area contributed by atoms with Crippen LogP contribution in [0.15, 0.2) is 36.4 Å². The van der Waals surface area contributed by atoms with Gasteiger partial charge in [-0.05, 0) is 36.6 Å². The average Bonchev–Trinajstić information content (AvgIpc) is 2.62. The third kappa shape index (κ3) is 5.77. The number of rotatable bonds is 7. The van der Waals surface area contributed by atoms with E-state index in [0.29, 0.717) is 0 Å². The second-order valence-corrected chi connectivity index (χ2v) is 9.50. The Labute approximate surface area is 180 Å². The number of nitrogens with one attached hydrogen (secondary N) is 1. The van der Waals surface area contributed by atoms with Crippen molar-refractivity contribution in [2.75, 3.05) is 17.1 Å². The number of amides is 1. The Morgan fingerprint density at radius 1 is 1.07 bits per heavy atom. The summed E-state index contributed by atoms with van der Waals surface area (Å²) in [5, 5.41) is 3.21. The van der Waals surface area contributed by atoms with Crippen LogP contribution in [0.5, 0.6) is 0 Å². The predicted octanol–water partition coefficient (Wildman–Crippen LogP) is 4.85. The normalized spacial score (nSPS) is 12.5. The summed E-state index contributed by atoms with van der Waals surface area (Å²) in [4.78, 5) is 12.5. The van der Waals surface area contributed by atoms with Crippen molar-refractivity contribution in [3.8, 4) is 0 Å². The first kappa shape index (κ1) is 22.8. The Bertz CT molecular complexity index is 963. The van der Waals surface area contributed by atoms with Crippen LogP contribution in [-0.2, 0) is 21.2 Å². The number of hydrogen-bond donors (Lipinski definition) is 1. The van der Waals surface area contributed by atoms with Gasteiger partial charge in [0, 0.05) is 0 Å². The first-order valence-electron chi connectivity index (χ1n) is 8.53. The molecule has 0 saturated heterocycles. The summed E-state index contributed by atoms with van der Waals surface area (Å²) in [7, 11) is -3.79. The molecular formula is C19H21Cl3N2O3S. The Morgan fingerprint density at radius 2 is 1.64 bits per heavy atom. The second kappa shape index (κ2) is 9.35. The molecule has 1 amide bonds. The van der Waals surface area contributed by atoms with Crippen LogP contribution in [0.3, 0.4) is 0 Å². The van der Waals surface area contributed by atoms with E-state index < -0.39 is 22.5 Å². The standard InChI is InChI=1S/C19H21Cl3N2O3S/c1-4-13-5-7-14(8-6-13)12(2)23-19(25)11-24(28(3,26)27)18-10-16(21)15(20)9-17(18)22/h5-10,12H,4,11H2,1-3H3,(H,23,25)/t12-/m0/s1. The lowest BCUT2D eigenvalue weighted by Gasteiger charge is -2.24. The molecule has 28 heavy (non-hydrogen) atoms. The van der Waals surface area contributed by atoms with Crippen LogP contribution >= 0.6 is 34.8 Å². The quantitative estimate of drug-likeness (QED) is 0.597. The third-order valence-corrected chi connectivity index (χ3v) is 6.36. The molecular weight excluding hydrogens is 443 g/mol. The molecule has 1 N–H and O–H groups in total. The minimum atomic E-state index is -3.79. The van der Waals surface area contributed by atoms with E-state index in [1.807, 2.05) is 31.2 Å². The summed E-state index contributed by atoms with van der Waals surface area (Å²) in [5.74, 6) is -0.473. The van der Waals surface area contributed by atoms with Crippen LogP contribution < -0.4 is 9.62 Å². The van der Waals surface area contributed by atoms with Crippen molar-refractivity contribution in [2.24, 2.45) is 0 Å². The van der Waals surface area contributed by atoms with Crippen LogP contribution in [0, 0.1) is 0 Å². The minimum Gasteiger partial charge on any atom is -0.348 e. The molecule has 5 nitrogen and oxygen atoms in total. The molecule has 0 aliphatic carbocycles. The summed E-state index contributed by atoms with van der Waals surface area (Å²) in [5.41, 5.74) is 2.21. The topological polar surface area (TPSA) is 66.5 Å². The molecule has 0 fully saturated rings. The fourth-order valence-electron chi connectivity index (χ4n) is 2.63. The van der Waals surface area contributed by atoms with Gasteiger partial charge in [-0.1, -0.05) is 66.0 Å². The van der Waals surface area contributed by atoms with Gasteiger partial charge in [0.1, 0.15) is 6.54 Å². The fraction of sp³-hybridized carbons (Fsp3) is 0.316. The number of nitrogens with zero attached hydrogens (tertiary/aromatic N) is 1.